The number of anilines is 1. The Balaban J connectivity index is 3.13. The fraction of sp³-hybridized carbons (Fsp3) is 0.200. The molecular weight excluding hydrogens is 228 g/mol. The van der Waals surface area contributed by atoms with Crippen LogP contribution in [0.5, 0.6) is 5.75 Å². The highest BCUT2D eigenvalue weighted by Gasteiger charge is 2.11. The van der Waals surface area contributed by atoms with Gasteiger partial charge in [0, 0.05) is 6.07 Å². The van der Waals surface area contributed by atoms with Gasteiger partial charge in [-0.15, -0.1) is 6.42 Å². The number of benzene rings is 1. The molecule has 0 aliphatic rings. The number of hydrogen-bond acceptors (Lipinski definition) is 4. The Morgan fingerprint density at radius 1 is 1.56 bits per heavy atom. The van der Waals surface area contributed by atoms with Crippen LogP contribution in [0.4, 0.5) is 5.69 Å². The molecule has 0 atom stereocenters. The highest BCUT2D eigenvalue weighted by molar-refractivity contribution is 7.89. The summed E-state index contributed by atoms with van der Waals surface area (Å²) in [5.41, 5.74) is 0.618. The molecule has 0 heterocycles. The van der Waals surface area contributed by atoms with Gasteiger partial charge in [-0.2, -0.15) is 0 Å². The topological polar surface area (TPSA) is 81.4 Å². The van der Waals surface area contributed by atoms with Gasteiger partial charge >= 0.3 is 0 Å². The normalized spacial score (nSPS) is 10.6. The molecule has 0 saturated carbocycles. The maximum absolute atomic E-state index is 11.1. The number of rotatable bonds is 4. The Bertz CT molecular complexity index is 517. The summed E-state index contributed by atoms with van der Waals surface area (Å²) in [6.07, 6.45) is 5.10. The van der Waals surface area contributed by atoms with Gasteiger partial charge in [0.15, 0.2) is 0 Å². The van der Waals surface area contributed by atoms with E-state index in [0.29, 0.717) is 18.0 Å². The molecule has 3 N–H and O–H groups in total. The lowest BCUT2D eigenvalue weighted by atomic mass is 10.3. The van der Waals surface area contributed by atoms with E-state index < -0.39 is 10.0 Å². The largest absolute Gasteiger partial charge is 0.495 e. The fourth-order valence-corrected chi connectivity index (χ4v) is 1.67. The van der Waals surface area contributed by atoms with Crippen molar-refractivity contribution in [2.24, 2.45) is 5.14 Å². The summed E-state index contributed by atoms with van der Waals surface area (Å²) in [7, 11) is -2.29. The van der Waals surface area contributed by atoms with Gasteiger partial charge in [0.2, 0.25) is 10.0 Å². The van der Waals surface area contributed by atoms with E-state index in [4.69, 9.17) is 16.3 Å². The van der Waals surface area contributed by atoms with Crippen molar-refractivity contribution in [3.8, 4) is 18.1 Å². The summed E-state index contributed by atoms with van der Waals surface area (Å²) < 4.78 is 27.2. The first kappa shape index (κ1) is 12.4. The average molecular weight is 240 g/mol. The number of methoxy groups -OCH3 is 1. The minimum atomic E-state index is -3.72. The summed E-state index contributed by atoms with van der Waals surface area (Å²) in [5.74, 6) is 2.78. The maximum atomic E-state index is 11.1. The first-order chi connectivity index (χ1) is 7.49. The van der Waals surface area contributed by atoms with Crippen LogP contribution in [0.15, 0.2) is 23.1 Å². The molecule has 16 heavy (non-hydrogen) atoms. The summed E-state index contributed by atoms with van der Waals surface area (Å²) >= 11 is 0. The maximum Gasteiger partial charge on any atom is 0.238 e. The van der Waals surface area contributed by atoms with Crippen LogP contribution in [0.3, 0.4) is 0 Å². The van der Waals surface area contributed by atoms with E-state index in [-0.39, 0.29) is 4.90 Å². The molecule has 0 aliphatic carbocycles. The molecule has 1 aromatic rings. The highest BCUT2D eigenvalue weighted by Crippen LogP contribution is 2.26. The van der Waals surface area contributed by atoms with Crippen molar-refractivity contribution >= 4 is 15.7 Å². The third kappa shape index (κ3) is 2.89. The second-order valence-corrected chi connectivity index (χ2v) is 4.53. The van der Waals surface area contributed by atoms with Gasteiger partial charge in [-0.25, -0.2) is 13.6 Å². The number of sulfonamides is 1. The van der Waals surface area contributed by atoms with E-state index >= 15 is 0 Å². The predicted octanol–water partition coefficient (Wildman–Crippen LogP) is 0.388. The van der Waals surface area contributed by atoms with Crippen LogP contribution in [-0.4, -0.2) is 22.1 Å². The van der Waals surface area contributed by atoms with Gasteiger partial charge in [0.25, 0.3) is 0 Å². The van der Waals surface area contributed by atoms with Crippen molar-refractivity contribution in [2.75, 3.05) is 19.0 Å². The number of terminal acetylenes is 1. The molecule has 0 bridgehead atoms. The smallest absolute Gasteiger partial charge is 0.238 e. The lowest BCUT2D eigenvalue weighted by molar-refractivity contribution is 0.415. The van der Waals surface area contributed by atoms with Crippen LogP contribution in [-0.2, 0) is 10.0 Å². The van der Waals surface area contributed by atoms with Crippen LogP contribution in [0, 0.1) is 12.3 Å². The fourth-order valence-electron chi connectivity index (χ4n) is 1.14. The van der Waals surface area contributed by atoms with Gasteiger partial charge < -0.3 is 10.1 Å². The number of nitrogens with one attached hydrogen (secondary N) is 1. The van der Waals surface area contributed by atoms with E-state index in [2.05, 4.69) is 11.2 Å². The molecule has 0 aliphatic heterocycles. The molecule has 1 aromatic carbocycles. The molecule has 0 saturated heterocycles. The Hall–Kier alpha value is -1.71. The van der Waals surface area contributed by atoms with Gasteiger partial charge in [0.1, 0.15) is 5.75 Å². The molecular formula is C10H12N2O3S. The van der Waals surface area contributed by atoms with E-state index in [1.54, 1.807) is 6.07 Å². The molecule has 0 spiro atoms. The predicted molar refractivity (Wildman–Crippen MR) is 61.7 cm³/mol. The first-order valence-electron chi connectivity index (χ1n) is 4.37. The second-order valence-electron chi connectivity index (χ2n) is 2.96. The van der Waals surface area contributed by atoms with Crippen LogP contribution in [0.1, 0.15) is 0 Å². The van der Waals surface area contributed by atoms with Crippen molar-refractivity contribution < 1.29 is 13.2 Å². The Labute approximate surface area is 94.7 Å². The second kappa shape index (κ2) is 4.88. The third-order valence-corrected chi connectivity index (χ3v) is 2.79. The zero-order chi connectivity index (χ0) is 12.2. The Morgan fingerprint density at radius 3 is 2.75 bits per heavy atom. The minimum Gasteiger partial charge on any atom is -0.495 e. The molecule has 0 radical (unpaired) electrons. The van der Waals surface area contributed by atoms with Crippen LogP contribution < -0.4 is 15.2 Å². The van der Waals surface area contributed by atoms with Crippen molar-refractivity contribution in [2.45, 2.75) is 4.90 Å². The van der Waals surface area contributed by atoms with E-state index in [1.807, 2.05) is 0 Å². The minimum absolute atomic E-state index is 0.00407. The lowest BCUT2D eigenvalue weighted by Crippen LogP contribution is -2.12. The van der Waals surface area contributed by atoms with E-state index in [9.17, 15) is 8.42 Å². The summed E-state index contributed by atoms with van der Waals surface area (Å²) in [6, 6.07) is 4.28. The first-order valence-corrected chi connectivity index (χ1v) is 5.92. The molecule has 1 rings (SSSR count). The summed E-state index contributed by atoms with van der Waals surface area (Å²) in [5, 5.41) is 7.89. The molecule has 6 heteroatoms. The van der Waals surface area contributed by atoms with Gasteiger partial charge in [-0.1, -0.05) is 5.92 Å². The van der Waals surface area contributed by atoms with Crippen LogP contribution in [0.2, 0.25) is 0 Å². The van der Waals surface area contributed by atoms with Gasteiger partial charge in [-0.05, 0) is 12.1 Å². The average Bonchev–Trinajstić information content (AvgIpc) is 2.24. The molecule has 0 unspecified atom stereocenters. The standard InChI is InChI=1S/C10H12N2O3S/c1-3-6-12-9-5-4-8(16(11,13)14)7-10(9)15-2/h1,4-5,7,12H,6H2,2H3,(H2,11,13,14). The Morgan fingerprint density at radius 2 is 2.25 bits per heavy atom. The summed E-state index contributed by atoms with van der Waals surface area (Å²) in [6.45, 7) is 0.324. The number of primary sulfonamides is 1. The molecule has 0 fully saturated rings. The van der Waals surface area contributed by atoms with Crippen molar-refractivity contribution in [3.05, 3.63) is 18.2 Å². The molecule has 0 amide bonds. The monoisotopic (exact) mass is 240 g/mol. The molecule has 5 nitrogen and oxygen atoms in total. The SMILES string of the molecule is C#CCNc1ccc(S(N)(=O)=O)cc1OC. The van der Waals surface area contributed by atoms with Gasteiger partial charge in [-0.3, -0.25) is 0 Å². The van der Waals surface area contributed by atoms with Crippen molar-refractivity contribution in [3.63, 3.8) is 0 Å². The van der Waals surface area contributed by atoms with Crippen LogP contribution in [0.25, 0.3) is 0 Å². The zero-order valence-corrected chi connectivity index (χ0v) is 9.54. The number of hydrogen-bond donors (Lipinski definition) is 2. The van der Waals surface area contributed by atoms with Crippen molar-refractivity contribution in [1.29, 1.82) is 0 Å². The number of ether oxygens (including phenoxy) is 1. The zero-order valence-electron chi connectivity index (χ0n) is 8.73. The van der Waals surface area contributed by atoms with E-state index in [0.717, 1.165) is 0 Å². The van der Waals surface area contributed by atoms with E-state index in [1.165, 1.54) is 19.2 Å². The summed E-state index contributed by atoms with van der Waals surface area (Å²) in [4.78, 5) is -0.00407. The highest BCUT2D eigenvalue weighted by atomic mass is 32.2. The molecule has 0 aromatic heterocycles. The number of nitrogens with two attached hydrogens (primary N) is 1. The lowest BCUT2D eigenvalue weighted by Gasteiger charge is -2.10. The molecule has 86 valence electrons. The third-order valence-electron chi connectivity index (χ3n) is 1.88. The van der Waals surface area contributed by atoms with Gasteiger partial charge in [0.05, 0.1) is 24.2 Å². The Kier molecular flexibility index (Phi) is 3.77. The van der Waals surface area contributed by atoms with Crippen LogP contribution >= 0.6 is 0 Å². The quantitative estimate of drug-likeness (QED) is 0.746. The van der Waals surface area contributed by atoms with Crippen molar-refractivity contribution in [1.82, 2.24) is 0 Å².